The summed E-state index contributed by atoms with van der Waals surface area (Å²) >= 11 is 5.79. The average Bonchev–Trinajstić information content (AvgIpc) is 2.74. The molecule has 2 aromatic carbocycles. The van der Waals surface area contributed by atoms with Crippen molar-refractivity contribution >= 4 is 17.3 Å². The second kappa shape index (κ2) is 9.86. The van der Waals surface area contributed by atoms with E-state index in [2.05, 4.69) is 10.3 Å². The number of ether oxygens (including phenoxy) is 2. The Kier molecular flexibility index (Phi) is 6.99. The lowest BCUT2D eigenvalue weighted by molar-refractivity contribution is -0.384. The summed E-state index contributed by atoms with van der Waals surface area (Å²) < 4.78 is 11.3. The van der Waals surface area contributed by atoms with Crippen LogP contribution in [-0.2, 0) is 19.7 Å². The summed E-state index contributed by atoms with van der Waals surface area (Å²) in [5.41, 5.74) is 2.98. The lowest BCUT2D eigenvalue weighted by Gasteiger charge is -2.13. The Morgan fingerprint density at radius 3 is 2.34 bits per heavy atom. The summed E-state index contributed by atoms with van der Waals surface area (Å²) in [6, 6.07) is 15.7. The molecule has 1 heterocycles. The number of benzene rings is 2. The van der Waals surface area contributed by atoms with Gasteiger partial charge in [0.2, 0.25) is 0 Å². The summed E-state index contributed by atoms with van der Waals surface area (Å²) in [6.45, 7) is 1.61. The van der Waals surface area contributed by atoms with Gasteiger partial charge in [0.25, 0.3) is 5.69 Å². The van der Waals surface area contributed by atoms with Gasteiger partial charge in [-0.1, -0.05) is 23.7 Å². The van der Waals surface area contributed by atoms with Crippen molar-refractivity contribution in [2.75, 3.05) is 7.11 Å². The lowest BCUT2D eigenvalue weighted by atomic mass is 10.2. The van der Waals surface area contributed by atoms with E-state index < -0.39 is 4.92 Å². The number of hydrogen-bond donors (Lipinski definition) is 1. The van der Waals surface area contributed by atoms with Crippen LogP contribution in [0.4, 0.5) is 5.69 Å². The molecular weight excluding hydrogens is 394 g/mol. The SMILES string of the molecule is COc1cc(CNCc2ccc(Cl)nc2)ccc1OCc1ccc([N+](=O)[O-])cc1. The molecule has 29 heavy (non-hydrogen) atoms. The van der Waals surface area contributed by atoms with E-state index in [1.165, 1.54) is 12.1 Å². The Morgan fingerprint density at radius 1 is 1.00 bits per heavy atom. The number of nitrogens with zero attached hydrogens (tertiary/aromatic N) is 2. The fourth-order valence-electron chi connectivity index (χ4n) is 2.68. The molecule has 0 fully saturated rings. The van der Waals surface area contributed by atoms with E-state index in [1.54, 1.807) is 31.5 Å². The first-order valence-corrected chi connectivity index (χ1v) is 9.27. The normalized spacial score (nSPS) is 10.6. The number of rotatable bonds is 9. The van der Waals surface area contributed by atoms with Crippen molar-refractivity contribution in [2.24, 2.45) is 0 Å². The first-order chi connectivity index (χ1) is 14.0. The van der Waals surface area contributed by atoms with E-state index in [1.807, 2.05) is 24.3 Å². The van der Waals surface area contributed by atoms with Crippen molar-refractivity contribution in [3.8, 4) is 11.5 Å². The monoisotopic (exact) mass is 413 g/mol. The van der Waals surface area contributed by atoms with E-state index in [0.717, 1.165) is 16.7 Å². The minimum absolute atomic E-state index is 0.0533. The number of methoxy groups -OCH3 is 1. The van der Waals surface area contributed by atoms with Gasteiger partial charge in [-0.25, -0.2) is 4.98 Å². The van der Waals surface area contributed by atoms with Crippen molar-refractivity contribution in [1.82, 2.24) is 10.3 Å². The third kappa shape index (κ3) is 5.91. The molecule has 0 aliphatic carbocycles. The molecule has 150 valence electrons. The van der Waals surface area contributed by atoms with Crippen LogP contribution < -0.4 is 14.8 Å². The van der Waals surface area contributed by atoms with E-state index in [-0.39, 0.29) is 12.3 Å². The zero-order chi connectivity index (χ0) is 20.6. The third-order valence-electron chi connectivity index (χ3n) is 4.22. The van der Waals surface area contributed by atoms with Crippen LogP contribution in [0.25, 0.3) is 0 Å². The molecule has 1 aromatic heterocycles. The van der Waals surface area contributed by atoms with Gasteiger partial charge in [0.05, 0.1) is 12.0 Å². The standard InChI is InChI=1S/C21H20ClN3O4/c1-28-20-10-16(11-23-12-17-5-9-21(22)24-13-17)4-8-19(20)29-14-15-2-6-18(7-3-15)25(26)27/h2-10,13,23H,11-12,14H2,1H3. The zero-order valence-electron chi connectivity index (χ0n) is 15.8. The van der Waals surface area contributed by atoms with Crippen LogP contribution in [0.1, 0.15) is 16.7 Å². The van der Waals surface area contributed by atoms with Crippen LogP contribution in [0.3, 0.4) is 0 Å². The van der Waals surface area contributed by atoms with Crippen molar-refractivity contribution in [1.29, 1.82) is 0 Å². The molecule has 0 saturated carbocycles. The maximum Gasteiger partial charge on any atom is 0.269 e. The summed E-state index contributed by atoms with van der Waals surface area (Å²) in [6.07, 6.45) is 1.74. The van der Waals surface area contributed by atoms with Crippen molar-refractivity contribution < 1.29 is 14.4 Å². The summed E-state index contributed by atoms with van der Waals surface area (Å²) in [4.78, 5) is 14.4. The van der Waals surface area contributed by atoms with Crippen LogP contribution in [0.15, 0.2) is 60.8 Å². The molecule has 8 heteroatoms. The smallest absolute Gasteiger partial charge is 0.269 e. The lowest BCUT2D eigenvalue weighted by Crippen LogP contribution is -2.13. The Labute approximate surface area is 173 Å². The predicted octanol–water partition coefficient (Wildman–Crippen LogP) is 4.52. The Bertz CT molecular complexity index is 963. The quantitative estimate of drug-likeness (QED) is 0.315. The van der Waals surface area contributed by atoms with Crippen LogP contribution in [0.5, 0.6) is 11.5 Å². The van der Waals surface area contributed by atoms with Gasteiger partial charge in [-0.2, -0.15) is 0 Å². The fourth-order valence-corrected chi connectivity index (χ4v) is 2.79. The Balaban J connectivity index is 1.56. The largest absolute Gasteiger partial charge is 0.493 e. The van der Waals surface area contributed by atoms with E-state index in [0.29, 0.717) is 29.7 Å². The summed E-state index contributed by atoms with van der Waals surface area (Å²) in [5, 5.41) is 14.5. The predicted molar refractivity (Wildman–Crippen MR) is 110 cm³/mol. The van der Waals surface area contributed by atoms with Gasteiger partial charge in [-0.05, 0) is 47.0 Å². The van der Waals surface area contributed by atoms with Crippen molar-refractivity contribution in [3.05, 3.63) is 92.8 Å². The number of nitro groups is 1. The number of nitro benzene ring substituents is 1. The van der Waals surface area contributed by atoms with Crippen molar-refractivity contribution in [2.45, 2.75) is 19.7 Å². The molecule has 0 unspecified atom stereocenters. The molecule has 0 amide bonds. The molecule has 0 bridgehead atoms. The van der Waals surface area contributed by atoms with Gasteiger partial charge in [0.1, 0.15) is 11.8 Å². The fraction of sp³-hybridized carbons (Fsp3) is 0.190. The second-order valence-corrected chi connectivity index (χ2v) is 6.68. The molecule has 0 atom stereocenters. The molecular formula is C21H20ClN3O4. The summed E-state index contributed by atoms with van der Waals surface area (Å²) in [7, 11) is 1.59. The highest BCUT2D eigenvalue weighted by atomic mass is 35.5. The first-order valence-electron chi connectivity index (χ1n) is 8.89. The van der Waals surface area contributed by atoms with Gasteiger partial charge < -0.3 is 14.8 Å². The molecule has 0 spiro atoms. The molecule has 0 aliphatic rings. The summed E-state index contributed by atoms with van der Waals surface area (Å²) in [5.74, 6) is 1.23. The number of hydrogen-bond acceptors (Lipinski definition) is 6. The maximum absolute atomic E-state index is 10.7. The number of halogens is 1. The molecule has 1 N–H and O–H groups in total. The van der Waals surface area contributed by atoms with E-state index in [4.69, 9.17) is 21.1 Å². The van der Waals surface area contributed by atoms with E-state index in [9.17, 15) is 10.1 Å². The topological polar surface area (TPSA) is 86.5 Å². The number of pyridine rings is 1. The van der Waals surface area contributed by atoms with Crippen LogP contribution in [0, 0.1) is 10.1 Å². The molecule has 7 nitrogen and oxygen atoms in total. The molecule has 3 rings (SSSR count). The van der Waals surface area contributed by atoms with Crippen LogP contribution >= 0.6 is 11.6 Å². The highest BCUT2D eigenvalue weighted by Gasteiger charge is 2.08. The number of non-ortho nitro benzene ring substituents is 1. The first kappa shape index (κ1) is 20.6. The molecule has 0 radical (unpaired) electrons. The Hall–Kier alpha value is -3.16. The van der Waals surface area contributed by atoms with E-state index >= 15 is 0 Å². The van der Waals surface area contributed by atoms with Gasteiger partial charge in [-0.3, -0.25) is 10.1 Å². The van der Waals surface area contributed by atoms with Crippen LogP contribution in [-0.4, -0.2) is 17.0 Å². The van der Waals surface area contributed by atoms with Gasteiger partial charge >= 0.3 is 0 Å². The minimum Gasteiger partial charge on any atom is -0.493 e. The molecule has 0 aliphatic heterocycles. The molecule has 3 aromatic rings. The highest BCUT2D eigenvalue weighted by Crippen LogP contribution is 2.29. The highest BCUT2D eigenvalue weighted by molar-refractivity contribution is 6.29. The van der Waals surface area contributed by atoms with Gasteiger partial charge in [-0.15, -0.1) is 0 Å². The van der Waals surface area contributed by atoms with Gasteiger partial charge in [0.15, 0.2) is 11.5 Å². The number of nitrogens with one attached hydrogen (secondary N) is 1. The number of aromatic nitrogens is 1. The Morgan fingerprint density at radius 2 is 1.69 bits per heavy atom. The van der Waals surface area contributed by atoms with Crippen molar-refractivity contribution in [3.63, 3.8) is 0 Å². The third-order valence-corrected chi connectivity index (χ3v) is 4.44. The minimum atomic E-state index is -0.427. The maximum atomic E-state index is 10.7. The van der Waals surface area contributed by atoms with Gasteiger partial charge in [0, 0.05) is 31.4 Å². The second-order valence-electron chi connectivity index (χ2n) is 6.29. The van der Waals surface area contributed by atoms with Crippen LogP contribution in [0.2, 0.25) is 5.15 Å². The average molecular weight is 414 g/mol. The zero-order valence-corrected chi connectivity index (χ0v) is 16.6. The molecule has 0 saturated heterocycles.